The van der Waals surface area contributed by atoms with Crippen LogP contribution >= 0.6 is 0 Å². The fourth-order valence-electron chi connectivity index (χ4n) is 3.47. The summed E-state index contributed by atoms with van der Waals surface area (Å²) < 4.78 is 5.51. The van der Waals surface area contributed by atoms with Gasteiger partial charge in [-0.1, -0.05) is 48.5 Å². The summed E-state index contributed by atoms with van der Waals surface area (Å²) in [5.41, 5.74) is 19.4. The molecule has 0 saturated carbocycles. The lowest BCUT2D eigenvalue weighted by molar-refractivity contribution is -0.149. The van der Waals surface area contributed by atoms with E-state index in [2.05, 4.69) is 15.3 Å². The van der Waals surface area contributed by atoms with E-state index >= 15 is 0 Å². The van der Waals surface area contributed by atoms with E-state index in [-0.39, 0.29) is 19.0 Å². The van der Waals surface area contributed by atoms with Gasteiger partial charge in [0.05, 0.1) is 6.04 Å². The molecule has 0 radical (unpaired) electrons. The predicted octanol–water partition coefficient (Wildman–Crippen LogP) is 1.32. The van der Waals surface area contributed by atoms with Crippen LogP contribution in [-0.4, -0.2) is 41.4 Å². The van der Waals surface area contributed by atoms with Crippen molar-refractivity contribution in [1.82, 2.24) is 10.3 Å². The quantitative estimate of drug-likeness (QED) is 0.128. The number of H-pyrrole nitrogens is 1. The fraction of sp³-hybridized carbons (Fsp3) is 0.292. The summed E-state index contributed by atoms with van der Waals surface area (Å²) in [6.45, 7) is 0.492. The van der Waals surface area contributed by atoms with Crippen molar-refractivity contribution < 1.29 is 14.3 Å². The molecule has 2 atom stereocenters. The minimum absolute atomic E-state index is 0.00650. The Hall–Kier alpha value is -3.85. The van der Waals surface area contributed by atoms with Gasteiger partial charge in [-0.25, -0.2) is 4.79 Å². The number of fused-ring (bicyclic) bond motifs is 1. The van der Waals surface area contributed by atoms with Crippen LogP contribution < -0.4 is 22.5 Å². The molecule has 1 aromatic heterocycles. The Morgan fingerprint density at radius 2 is 1.79 bits per heavy atom. The number of guanidine groups is 1. The third-order valence-electron chi connectivity index (χ3n) is 5.23. The molecule has 2 aromatic carbocycles. The lowest BCUT2D eigenvalue weighted by Crippen LogP contribution is -2.49. The lowest BCUT2D eigenvalue weighted by atomic mass is 10.0. The van der Waals surface area contributed by atoms with E-state index in [1.54, 1.807) is 0 Å². The number of esters is 1. The Kier molecular flexibility index (Phi) is 8.43. The Labute approximate surface area is 192 Å². The van der Waals surface area contributed by atoms with Gasteiger partial charge in [-0.2, -0.15) is 0 Å². The molecular weight excluding hydrogens is 420 g/mol. The maximum atomic E-state index is 12.9. The van der Waals surface area contributed by atoms with Gasteiger partial charge in [0.1, 0.15) is 12.6 Å². The number of para-hydroxylation sites is 1. The van der Waals surface area contributed by atoms with Crippen LogP contribution in [0.2, 0.25) is 0 Å². The van der Waals surface area contributed by atoms with Gasteiger partial charge in [0.2, 0.25) is 5.91 Å². The molecule has 0 aliphatic rings. The van der Waals surface area contributed by atoms with Gasteiger partial charge in [-0.15, -0.1) is 0 Å². The van der Waals surface area contributed by atoms with E-state index in [0.717, 1.165) is 22.0 Å². The van der Waals surface area contributed by atoms with Gasteiger partial charge in [0.25, 0.3) is 0 Å². The summed E-state index contributed by atoms with van der Waals surface area (Å²) in [6.07, 6.45) is 3.02. The molecule has 0 fully saturated rings. The molecule has 0 unspecified atom stereocenters. The Morgan fingerprint density at radius 1 is 1.06 bits per heavy atom. The first-order valence-electron chi connectivity index (χ1n) is 10.8. The highest BCUT2D eigenvalue weighted by atomic mass is 16.5. The predicted molar refractivity (Wildman–Crippen MR) is 128 cm³/mol. The number of aliphatic imine (C=N–C) groups is 1. The summed E-state index contributed by atoms with van der Waals surface area (Å²) in [7, 11) is 0. The van der Waals surface area contributed by atoms with Gasteiger partial charge in [0.15, 0.2) is 5.96 Å². The number of nitrogens with two attached hydrogens (primary N) is 3. The number of nitrogens with zero attached hydrogens (tertiary/aromatic N) is 1. The Morgan fingerprint density at radius 3 is 2.55 bits per heavy atom. The molecule has 33 heavy (non-hydrogen) atoms. The summed E-state index contributed by atoms with van der Waals surface area (Å²) in [5.74, 6) is -0.959. The summed E-state index contributed by atoms with van der Waals surface area (Å²) in [6, 6.07) is 15.4. The number of aromatic nitrogens is 1. The first-order chi connectivity index (χ1) is 15.9. The van der Waals surface area contributed by atoms with E-state index in [4.69, 9.17) is 21.9 Å². The van der Waals surface area contributed by atoms with Gasteiger partial charge in [-0.3, -0.25) is 9.79 Å². The second-order valence-corrected chi connectivity index (χ2v) is 7.77. The van der Waals surface area contributed by atoms with Crippen molar-refractivity contribution in [2.24, 2.45) is 22.2 Å². The van der Waals surface area contributed by atoms with Gasteiger partial charge >= 0.3 is 5.97 Å². The zero-order chi connectivity index (χ0) is 23.6. The molecule has 1 heterocycles. The largest absolute Gasteiger partial charge is 0.459 e. The first-order valence-corrected chi connectivity index (χ1v) is 10.8. The number of hydrogen-bond acceptors (Lipinski definition) is 5. The first kappa shape index (κ1) is 23.8. The number of carbonyl (C=O) groups is 2. The van der Waals surface area contributed by atoms with E-state index in [1.807, 2.05) is 60.8 Å². The van der Waals surface area contributed by atoms with Crippen molar-refractivity contribution in [3.05, 3.63) is 71.9 Å². The molecule has 0 spiro atoms. The minimum Gasteiger partial charge on any atom is -0.459 e. The van der Waals surface area contributed by atoms with Crippen molar-refractivity contribution in [2.75, 3.05) is 6.54 Å². The molecule has 0 saturated heterocycles. The zero-order valence-electron chi connectivity index (χ0n) is 18.4. The number of hydrogen-bond donors (Lipinski definition) is 5. The fourth-order valence-corrected chi connectivity index (χ4v) is 3.47. The highest BCUT2D eigenvalue weighted by Gasteiger charge is 2.26. The van der Waals surface area contributed by atoms with Crippen molar-refractivity contribution in [1.29, 1.82) is 0 Å². The molecule has 3 aromatic rings. The van der Waals surface area contributed by atoms with Gasteiger partial charge in [-0.05, 0) is 30.0 Å². The van der Waals surface area contributed by atoms with Crippen LogP contribution in [0.5, 0.6) is 0 Å². The Bertz CT molecular complexity index is 1090. The number of benzene rings is 2. The summed E-state index contributed by atoms with van der Waals surface area (Å²) in [4.78, 5) is 32.7. The van der Waals surface area contributed by atoms with Crippen LogP contribution in [0.3, 0.4) is 0 Å². The monoisotopic (exact) mass is 450 g/mol. The molecule has 3 rings (SSSR count). The lowest BCUT2D eigenvalue weighted by Gasteiger charge is -2.20. The van der Waals surface area contributed by atoms with Crippen LogP contribution in [0.1, 0.15) is 24.0 Å². The van der Waals surface area contributed by atoms with Crippen LogP contribution in [0, 0.1) is 0 Å². The normalized spacial score (nSPS) is 12.6. The summed E-state index contributed by atoms with van der Waals surface area (Å²) in [5, 5.41) is 3.75. The number of amides is 1. The third-order valence-corrected chi connectivity index (χ3v) is 5.23. The minimum atomic E-state index is -0.885. The highest BCUT2D eigenvalue weighted by molar-refractivity contribution is 5.89. The van der Waals surface area contributed by atoms with Crippen molar-refractivity contribution in [3.63, 3.8) is 0 Å². The van der Waals surface area contributed by atoms with E-state index in [9.17, 15) is 9.59 Å². The third kappa shape index (κ3) is 7.08. The molecule has 8 N–H and O–H groups in total. The average Bonchev–Trinajstić information content (AvgIpc) is 3.23. The van der Waals surface area contributed by atoms with Crippen molar-refractivity contribution in [2.45, 2.75) is 38.0 Å². The second-order valence-electron chi connectivity index (χ2n) is 7.77. The van der Waals surface area contributed by atoms with Crippen LogP contribution in [-0.2, 0) is 27.4 Å². The number of nitrogens with one attached hydrogen (secondary N) is 2. The smallest absolute Gasteiger partial charge is 0.329 e. The standard InChI is InChI=1S/C24H30N6O3/c25-19(10-6-12-28-24(26)27)22(31)30-21(23(32)33-15-16-7-2-1-3-8-16)13-17-14-29-20-11-5-4-9-18(17)20/h1-5,7-9,11,14,19,21,29H,6,10,12-13,15,25H2,(H,30,31)(H4,26,27,28)/t19-,21-/m1/s1. The molecule has 174 valence electrons. The summed E-state index contributed by atoms with van der Waals surface area (Å²) >= 11 is 0. The van der Waals surface area contributed by atoms with Crippen molar-refractivity contribution >= 4 is 28.7 Å². The highest BCUT2D eigenvalue weighted by Crippen LogP contribution is 2.19. The molecule has 1 amide bonds. The molecule has 0 aliphatic heterocycles. The Balaban J connectivity index is 1.68. The van der Waals surface area contributed by atoms with Crippen LogP contribution in [0.25, 0.3) is 10.9 Å². The molecule has 0 bridgehead atoms. The maximum absolute atomic E-state index is 12.9. The number of aromatic amines is 1. The van der Waals surface area contributed by atoms with E-state index in [1.165, 1.54) is 0 Å². The van der Waals surface area contributed by atoms with Crippen LogP contribution in [0.15, 0.2) is 65.8 Å². The average molecular weight is 451 g/mol. The van der Waals surface area contributed by atoms with E-state index < -0.39 is 24.0 Å². The molecule has 0 aliphatic carbocycles. The molecule has 9 nitrogen and oxygen atoms in total. The molecular formula is C24H30N6O3. The molecule has 9 heteroatoms. The zero-order valence-corrected chi connectivity index (χ0v) is 18.4. The van der Waals surface area contributed by atoms with E-state index in [0.29, 0.717) is 19.4 Å². The van der Waals surface area contributed by atoms with Gasteiger partial charge in [0, 0.05) is 30.1 Å². The second kappa shape index (κ2) is 11.7. The maximum Gasteiger partial charge on any atom is 0.329 e. The van der Waals surface area contributed by atoms with Crippen LogP contribution in [0.4, 0.5) is 0 Å². The SMILES string of the molecule is NC(N)=NCCC[C@@H](N)C(=O)N[C@H](Cc1c[nH]c2ccccc12)C(=O)OCc1ccccc1. The topological polar surface area (TPSA) is 162 Å². The number of rotatable bonds is 11. The van der Waals surface area contributed by atoms with Crippen molar-refractivity contribution in [3.8, 4) is 0 Å². The number of ether oxygens (including phenoxy) is 1. The number of carbonyl (C=O) groups excluding carboxylic acids is 2. The van der Waals surface area contributed by atoms with Gasteiger partial charge < -0.3 is 32.2 Å².